The molecular formula is C12H16N4O. The lowest BCUT2D eigenvalue weighted by Crippen LogP contribution is -2.32. The van der Waals surface area contributed by atoms with E-state index < -0.39 is 0 Å². The largest absolute Gasteiger partial charge is 0.378 e. The minimum Gasteiger partial charge on any atom is -0.378 e. The second-order valence-electron chi connectivity index (χ2n) is 4.56. The molecule has 5 nitrogen and oxygen atoms in total. The SMILES string of the molecule is CCOC1CC(Cc2nc3ncncc3[nH]2)C1. The average Bonchev–Trinajstić information content (AvgIpc) is 2.68. The molecule has 0 amide bonds. The predicted molar refractivity (Wildman–Crippen MR) is 63.5 cm³/mol. The summed E-state index contributed by atoms with van der Waals surface area (Å²) in [6, 6.07) is 0. The van der Waals surface area contributed by atoms with E-state index in [1.54, 1.807) is 6.20 Å². The van der Waals surface area contributed by atoms with Gasteiger partial charge in [-0.25, -0.2) is 15.0 Å². The first-order chi connectivity index (χ1) is 8.35. The van der Waals surface area contributed by atoms with E-state index in [0.29, 0.717) is 12.0 Å². The topological polar surface area (TPSA) is 63.7 Å². The third-order valence-corrected chi connectivity index (χ3v) is 3.29. The molecule has 0 radical (unpaired) electrons. The summed E-state index contributed by atoms with van der Waals surface area (Å²) in [5.41, 5.74) is 1.68. The summed E-state index contributed by atoms with van der Waals surface area (Å²) >= 11 is 0. The number of hydrogen-bond donors (Lipinski definition) is 1. The highest BCUT2D eigenvalue weighted by Crippen LogP contribution is 2.32. The molecule has 17 heavy (non-hydrogen) atoms. The van der Waals surface area contributed by atoms with Gasteiger partial charge >= 0.3 is 0 Å². The van der Waals surface area contributed by atoms with Crippen LogP contribution in [0.3, 0.4) is 0 Å². The summed E-state index contributed by atoms with van der Waals surface area (Å²) in [5.74, 6) is 1.71. The van der Waals surface area contributed by atoms with Crippen LogP contribution in [0.2, 0.25) is 0 Å². The number of imidazole rings is 1. The zero-order valence-corrected chi connectivity index (χ0v) is 9.89. The van der Waals surface area contributed by atoms with Crippen molar-refractivity contribution in [3.63, 3.8) is 0 Å². The van der Waals surface area contributed by atoms with Gasteiger partial charge < -0.3 is 9.72 Å². The summed E-state index contributed by atoms with van der Waals surface area (Å²) < 4.78 is 5.55. The summed E-state index contributed by atoms with van der Waals surface area (Å²) in [5, 5.41) is 0. The summed E-state index contributed by atoms with van der Waals surface area (Å²) in [4.78, 5) is 15.8. The predicted octanol–water partition coefficient (Wildman–Crippen LogP) is 1.71. The first-order valence-corrected chi connectivity index (χ1v) is 6.11. The van der Waals surface area contributed by atoms with Gasteiger partial charge in [0.2, 0.25) is 0 Å². The summed E-state index contributed by atoms with van der Waals surface area (Å²) in [7, 11) is 0. The van der Waals surface area contributed by atoms with Crippen molar-refractivity contribution in [2.75, 3.05) is 6.61 Å². The number of nitrogens with zero attached hydrogens (tertiary/aromatic N) is 3. The lowest BCUT2D eigenvalue weighted by atomic mass is 9.80. The third-order valence-electron chi connectivity index (χ3n) is 3.29. The molecule has 2 aromatic heterocycles. The maximum Gasteiger partial charge on any atom is 0.180 e. The van der Waals surface area contributed by atoms with Crippen LogP contribution in [0.5, 0.6) is 0 Å². The second kappa shape index (κ2) is 4.41. The molecule has 0 aliphatic heterocycles. The van der Waals surface area contributed by atoms with E-state index in [1.807, 2.05) is 6.92 Å². The van der Waals surface area contributed by atoms with Gasteiger partial charge in [0.15, 0.2) is 5.65 Å². The number of aromatic nitrogens is 4. The molecule has 5 heteroatoms. The Kier molecular flexibility index (Phi) is 2.76. The van der Waals surface area contributed by atoms with Gasteiger partial charge in [-0.1, -0.05) is 0 Å². The Bertz CT molecular complexity index is 471. The standard InChI is InChI=1S/C12H16N4O/c1-2-17-9-3-8(4-9)5-11-15-10-6-13-7-14-12(10)16-11/h6-9H,2-5H2,1H3,(H,13,14,15,16). The van der Waals surface area contributed by atoms with Crippen LogP contribution in [0, 0.1) is 5.92 Å². The molecule has 0 atom stereocenters. The van der Waals surface area contributed by atoms with E-state index in [-0.39, 0.29) is 0 Å². The lowest BCUT2D eigenvalue weighted by molar-refractivity contribution is -0.0244. The Morgan fingerprint density at radius 3 is 3.12 bits per heavy atom. The Morgan fingerprint density at radius 1 is 1.47 bits per heavy atom. The number of aromatic amines is 1. The van der Waals surface area contributed by atoms with Crippen LogP contribution in [0.4, 0.5) is 0 Å². The zero-order valence-electron chi connectivity index (χ0n) is 9.89. The molecule has 1 N–H and O–H groups in total. The number of hydrogen-bond acceptors (Lipinski definition) is 4. The van der Waals surface area contributed by atoms with Crippen molar-refractivity contribution in [1.29, 1.82) is 0 Å². The van der Waals surface area contributed by atoms with E-state index in [0.717, 1.165) is 42.9 Å². The molecule has 1 aliphatic carbocycles. The van der Waals surface area contributed by atoms with Gasteiger partial charge in [0.25, 0.3) is 0 Å². The van der Waals surface area contributed by atoms with E-state index in [2.05, 4.69) is 19.9 Å². The molecular weight excluding hydrogens is 216 g/mol. The molecule has 0 saturated heterocycles. The highest BCUT2D eigenvalue weighted by Gasteiger charge is 2.30. The van der Waals surface area contributed by atoms with Crippen LogP contribution >= 0.6 is 0 Å². The molecule has 2 heterocycles. The molecule has 2 aromatic rings. The smallest absolute Gasteiger partial charge is 0.180 e. The highest BCUT2D eigenvalue weighted by molar-refractivity contribution is 5.68. The molecule has 0 bridgehead atoms. The van der Waals surface area contributed by atoms with Crippen LogP contribution < -0.4 is 0 Å². The van der Waals surface area contributed by atoms with Crippen LogP contribution in [0.25, 0.3) is 11.2 Å². The van der Waals surface area contributed by atoms with Crippen molar-refractivity contribution < 1.29 is 4.74 Å². The molecule has 90 valence electrons. The second-order valence-corrected chi connectivity index (χ2v) is 4.56. The third kappa shape index (κ3) is 2.15. The molecule has 1 fully saturated rings. The maximum absolute atomic E-state index is 5.55. The number of rotatable bonds is 4. The van der Waals surface area contributed by atoms with Gasteiger partial charge in [-0.2, -0.15) is 0 Å². The number of H-pyrrole nitrogens is 1. The van der Waals surface area contributed by atoms with Gasteiger partial charge in [-0.3, -0.25) is 0 Å². The van der Waals surface area contributed by atoms with Gasteiger partial charge in [0.05, 0.1) is 12.3 Å². The Hall–Kier alpha value is -1.49. The van der Waals surface area contributed by atoms with Crippen LogP contribution in [-0.4, -0.2) is 32.6 Å². The molecule has 3 rings (SSSR count). The Labute approximate surface area is 99.6 Å². The first-order valence-electron chi connectivity index (χ1n) is 6.11. The van der Waals surface area contributed by atoms with Gasteiger partial charge in [-0.15, -0.1) is 0 Å². The van der Waals surface area contributed by atoms with Crippen LogP contribution in [0.1, 0.15) is 25.6 Å². The van der Waals surface area contributed by atoms with Crippen LogP contribution in [0.15, 0.2) is 12.5 Å². The molecule has 0 unspecified atom stereocenters. The van der Waals surface area contributed by atoms with Crippen molar-refractivity contribution in [2.24, 2.45) is 5.92 Å². The Morgan fingerprint density at radius 2 is 2.35 bits per heavy atom. The van der Waals surface area contributed by atoms with Crippen molar-refractivity contribution >= 4 is 11.2 Å². The Balaban J connectivity index is 1.62. The maximum atomic E-state index is 5.55. The quantitative estimate of drug-likeness (QED) is 0.871. The molecule has 1 aliphatic rings. The lowest BCUT2D eigenvalue weighted by Gasteiger charge is -2.34. The van der Waals surface area contributed by atoms with Gasteiger partial charge in [-0.05, 0) is 25.7 Å². The number of fused-ring (bicyclic) bond motifs is 1. The van der Waals surface area contributed by atoms with Crippen molar-refractivity contribution in [1.82, 2.24) is 19.9 Å². The molecule has 0 aromatic carbocycles. The fourth-order valence-corrected chi connectivity index (χ4v) is 2.39. The molecule has 1 saturated carbocycles. The van der Waals surface area contributed by atoms with Gasteiger partial charge in [0, 0.05) is 13.0 Å². The normalized spacial score (nSPS) is 23.8. The average molecular weight is 232 g/mol. The minimum absolute atomic E-state index is 0.467. The molecule has 0 spiro atoms. The van der Waals surface area contributed by atoms with E-state index in [4.69, 9.17) is 4.74 Å². The fraction of sp³-hybridized carbons (Fsp3) is 0.583. The van der Waals surface area contributed by atoms with Crippen molar-refractivity contribution in [2.45, 2.75) is 32.3 Å². The number of ether oxygens (including phenoxy) is 1. The zero-order chi connectivity index (χ0) is 11.7. The van der Waals surface area contributed by atoms with Crippen molar-refractivity contribution in [3.05, 3.63) is 18.3 Å². The summed E-state index contributed by atoms with van der Waals surface area (Å²) in [6.45, 7) is 2.86. The fourth-order valence-electron chi connectivity index (χ4n) is 2.39. The van der Waals surface area contributed by atoms with E-state index >= 15 is 0 Å². The van der Waals surface area contributed by atoms with Gasteiger partial charge in [0.1, 0.15) is 17.7 Å². The van der Waals surface area contributed by atoms with E-state index in [1.165, 1.54) is 6.33 Å². The number of nitrogens with one attached hydrogen (secondary N) is 1. The highest BCUT2D eigenvalue weighted by atomic mass is 16.5. The summed E-state index contributed by atoms with van der Waals surface area (Å²) in [6.07, 6.45) is 7.05. The van der Waals surface area contributed by atoms with Crippen molar-refractivity contribution in [3.8, 4) is 0 Å². The monoisotopic (exact) mass is 232 g/mol. The minimum atomic E-state index is 0.467. The first kappa shape index (κ1) is 10.7. The van der Waals surface area contributed by atoms with Crippen LogP contribution in [-0.2, 0) is 11.2 Å². The van der Waals surface area contributed by atoms with E-state index in [9.17, 15) is 0 Å².